The van der Waals surface area contributed by atoms with Gasteiger partial charge in [0.25, 0.3) is 0 Å². The van der Waals surface area contributed by atoms with E-state index in [9.17, 15) is 19.2 Å². The van der Waals surface area contributed by atoms with Crippen molar-refractivity contribution < 1.29 is 42.9 Å². The van der Waals surface area contributed by atoms with Gasteiger partial charge in [0, 0.05) is 13.8 Å². The highest BCUT2D eigenvalue weighted by Gasteiger charge is 2.60. The van der Waals surface area contributed by atoms with Crippen molar-refractivity contribution in [2.45, 2.75) is 44.9 Å². The van der Waals surface area contributed by atoms with Crippen LogP contribution < -0.4 is 0 Å². The first-order valence-corrected chi connectivity index (χ1v) is 10.2. The van der Waals surface area contributed by atoms with Gasteiger partial charge in [0.1, 0.15) is 12.7 Å². The summed E-state index contributed by atoms with van der Waals surface area (Å²) in [6, 6.07) is 16.4. The second-order valence-electron chi connectivity index (χ2n) is 7.54. The lowest BCUT2D eigenvalue weighted by Gasteiger charge is -2.33. The van der Waals surface area contributed by atoms with Crippen LogP contribution in [0.25, 0.3) is 0 Å². The van der Waals surface area contributed by atoms with Gasteiger partial charge in [0.15, 0.2) is 5.60 Å². The summed E-state index contributed by atoms with van der Waals surface area (Å²) in [6.07, 6.45) is -3.80. The van der Waals surface area contributed by atoms with Crippen LogP contribution in [0, 0.1) is 0 Å². The molecule has 0 aliphatic carbocycles. The monoisotopic (exact) mass is 456 g/mol. The number of esters is 4. The summed E-state index contributed by atoms with van der Waals surface area (Å²) >= 11 is 0. The molecule has 1 unspecified atom stereocenters. The van der Waals surface area contributed by atoms with Crippen molar-refractivity contribution in [3.8, 4) is 0 Å². The predicted molar refractivity (Wildman–Crippen MR) is 113 cm³/mol. The maximum atomic E-state index is 12.7. The smallest absolute Gasteiger partial charge is 0.338 e. The zero-order chi connectivity index (χ0) is 24.0. The van der Waals surface area contributed by atoms with E-state index in [1.165, 1.54) is 13.8 Å². The Bertz CT molecular complexity index is 1010. The second-order valence-corrected chi connectivity index (χ2v) is 7.54. The number of benzene rings is 2. The lowest BCUT2D eigenvalue weighted by Crippen LogP contribution is -2.52. The van der Waals surface area contributed by atoms with E-state index in [-0.39, 0.29) is 12.2 Å². The minimum atomic E-state index is -1.62. The summed E-state index contributed by atoms with van der Waals surface area (Å²) in [6.45, 7) is 3.44. The Kier molecular flexibility index (Phi) is 7.44. The highest BCUT2D eigenvalue weighted by molar-refractivity contribution is 5.90. The summed E-state index contributed by atoms with van der Waals surface area (Å²) in [5.41, 5.74) is -1.07. The van der Waals surface area contributed by atoms with Crippen molar-refractivity contribution in [3.63, 3.8) is 0 Å². The molecule has 33 heavy (non-hydrogen) atoms. The molecule has 2 aromatic rings. The number of carbonyl (C=O) groups excluding carboxylic acids is 4. The third-order valence-corrected chi connectivity index (χ3v) is 5.01. The van der Waals surface area contributed by atoms with Gasteiger partial charge in [0.05, 0.1) is 11.1 Å². The number of hydrogen-bond donors (Lipinski definition) is 0. The van der Waals surface area contributed by atoms with Crippen LogP contribution in [0.1, 0.15) is 41.5 Å². The molecule has 1 aliphatic heterocycles. The van der Waals surface area contributed by atoms with Crippen molar-refractivity contribution in [1.82, 2.24) is 0 Å². The zero-order valence-electron chi connectivity index (χ0n) is 18.4. The fourth-order valence-corrected chi connectivity index (χ4v) is 3.45. The Morgan fingerprint density at radius 1 is 0.818 bits per heavy atom. The minimum absolute atomic E-state index is 0.239. The molecular weight excluding hydrogens is 432 g/mol. The van der Waals surface area contributed by atoms with Crippen LogP contribution in [-0.2, 0) is 33.3 Å². The van der Waals surface area contributed by atoms with E-state index in [0.717, 1.165) is 6.92 Å². The van der Waals surface area contributed by atoms with Crippen molar-refractivity contribution in [2.75, 3.05) is 6.61 Å². The summed E-state index contributed by atoms with van der Waals surface area (Å²) in [5, 5.41) is 0. The number of carbonyl (C=O) groups is 4. The summed E-state index contributed by atoms with van der Waals surface area (Å²) in [4.78, 5) is 48.7. The van der Waals surface area contributed by atoms with E-state index in [4.69, 9.17) is 23.7 Å². The van der Waals surface area contributed by atoms with Crippen LogP contribution in [-0.4, -0.2) is 54.6 Å². The fraction of sp³-hybridized carbons (Fsp3) is 0.333. The largest absolute Gasteiger partial charge is 0.459 e. The Morgan fingerprint density at radius 2 is 1.36 bits per heavy atom. The molecular formula is C24H24O9. The van der Waals surface area contributed by atoms with Crippen molar-refractivity contribution >= 4 is 23.9 Å². The number of rotatable bonds is 7. The molecule has 0 aromatic heterocycles. The maximum Gasteiger partial charge on any atom is 0.338 e. The normalized spacial score (nSPS) is 23.9. The Hall–Kier alpha value is -3.72. The Balaban J connectivity index is 1.85. The molecule has 0 bridgehead atoms. The second kappa shape index (κ2) is 10.3. The third kappa shape index (κ3) is 5.75. The van der Waals surface area contributed by atoms with E-state index < -0.39 is 48.0 Å². The SMILES string of the molecule is CC(=O)OC1O[C@H](COC(=O)c2ccccc2)[C@@](C)(OC(C)=O)[C@H]1OC(=O)c1ccccc1. The van der Waals surface area contributed by atoms with Gasteiger partial charge in [0.2, 0.25) is 12.4 Å². The van der Waals surface area contributed by atoms with E-state index in [1.807, 2.05) is 0 Å². The summed E-state index contributed by atoms with van der Waals surface area (Å²) in [5.74, 6) is -2.75. The molecule has 9 nitrogen and oxygen atoms in total. The molecule has 174 valence electrons. The van der Waals surface area contributed by atoms with E-state index in [1.54, 1.807) is 60.7 Å². The maximum absolute atomic E-state index is 12.7. The van der Waals surface area contributed by atoms with Gasteiger partial charge in [-0.3, -0.25) is 9.59 Å². The van der Waals surface area contributed by atoms with Gasteiger partial charge < -0.3 is 23.7 Å². The molecule has 0 radical (unpaired) electrons. The highest BCUT2D eigenvalue weighted by Crippen LogP contribution is 2.38. The van der Waals surface area contributed by atoms with Crippen LogP contribution in [0.3, 0.4) is 0 Å². The van der Waals surface area contributed by atoms with Crippen LogP contribution in [0.15, 0.2) is 60.7 Å². The molecule has 1 fully saturated rings. The van der Waals surface area contributed by atoms with Crippen molar-refractivity contribution in [3.05, 3.63) is 71.8 Å². The van der Waals surface area contributed by atoms with E-state index in [2.05, 4.69) is 0 Å². The van der Waals surface area contributed by atoms with Crippen molar-refractivity contribution in [1.29, 1.82) is 0 Å². The van der Waals surface area contributed by atoms with Crippen LogP contribution in [0.4, 0.5) is 0 Å². The first kappa shape index (κ1) is 23.9. The van der Waals surface area contributed by atoms with Crippen LogP contribution in [0.5, 0.6) is 0 Å². The predicted octanol–water partition coefficient (Wildman–Crippen LogP) is 2.68. The fourth-order valence-electron chi connectivity index (χ4n) is 3.45. The number of hydrogen-bond acceptors (Lipinski definition) is 9. The molecule has 1 saturated heterocycles. The Morgan fingerprint density at radius 3 is 1.88 bits per heavy atom. The van der Waals surface area contributed by atoms with E-state index >= 15 is 0 Å². The van der Waals surface area contributed by atoms with E-state index in [0.29, 0.717) is 5.56 Å². The zero-order valence-corrected chi connectivity index (χ0v) is 18.4. The number of ether oxygens (including phenoxy) is 5. The average molecular weight is 456 g/mol. The summed E-state index contributed by atoms with van der Waals surface area (Å²) in [7, 11) is 0. The van der Waals surface area contributed by atoms with Crippen LogP contribution in [0.2, 0.25) is 0 Å². The molecule has 1 aliphatic rings. The van der Waals surface area contributed by atoms with Gasteiger partial charge in [-0.2, -0.15) is 0 Å². The van der Waals surface area contributed by atoms with Gasteiger partial charge in [-0.1, -0.05) is 36.4 Å². The molecule has 0 amide bonds. The molecule has 1 heterocycles. The third-order valence-electron chi connectivity index (χ3n) is 5.01. The first-order valence-electron chi connectivity index (χ1n) is 10.2. The standard InChI is InChI=1S/C24H24O9/c1-15(25)30-23-20(32-22(28)18-12-8-5-9-13-18)24(3,33-16(2)26)19(31-23)14-29-21(27)17-10-6-4-7-11-17/h4-13,19-20,23H,14H2,1-3H3/t19-,20+,23?,24-/m1/s1. The molecule has 4 atom stereocenters. The first-order chi connectivity index (χ1) is 15.7. The summed E-state index contributed by atoms with van der Waals surface area (Å²) < 4.78 is 27.4. The van der Waals surface area contributed by atoms with Gasteiger partial charge in [-0.25, -0.2) is 9.59 Å². The van der Waals surface area contributed by atoms with Gasteiger partial charge in [-0.15, -0.1) is 0 Å². The highest BCUT2D eigenvalue weighted by atomic mass is 16.8. The van der Waals surface area contributed by atoms with Crippen molar-refractivity contribution in [2.24, 2.45) is 0 Å². The molecule has 0 saturated carbocycles. The Labute approximate surface area is 190 Å². The lowest BCUT2D eigenvalue weighted by atomic mass is 9.94. The van der Waals surface area contributed by atoms with Gasteiger partial charge >= 0.3 is 23.9 Å². The van der Waals surface area contributed by atoms with Crippen LogP contribution >= 0.6 is 0 Å². The quantitative estimate of drug-likeness (QED) is 0.458. The molecule has 2 aromatic carbocycles. The molecule has 0 spiro atoms. The topological polar surface area (TPSA) is 114 Å². The average Bonchev–Trinajstić information content (AvgIpc) is 3.02. The molecule has 9 heteroatoms. The van der Waals surface area contributed by atoms with Gasteiger partial charge in [-0.05, 0) is 31.2 Å². The molecule has 3 rings (SSSR count). The lowest BCUT2D eigenvalue weighted by molar-refractivity contribution is -0.188. The molecule has 0 N–H and O–H groups in total. The minimum Gasteiger partial charge on any atom is -0.459 e.